The van der Waals surface area contributed by atoms with E-state index in [2.05, 4.69) is 27.2 Å². The summed E-state index contributed by atoms with van der Waals surface area (Å²) >= 11 is 0. The van der Waals surface area contributed by atoms with Gasteiger partial charge in [0.1, 0.15) is 0 Å². The number of unbranched alkanes of at least 4 members (excludes halogenated alkanes) is 1. The third kappa shape index (κ3) is 3.29. The average Bonchev–Trinajstić information content (AvgIpc) is 2.95. The maximum absolute atomic E-state index is 2.71. The summed E-state index contributed by atoms with van der Waals surface area (Å²) in [7, 11) is 0. The second-order valence-electron chi connectivity index (χ2n) is 10.6. The van der Waals surface area contributed by atoms with Crippen LogP contribution >= 0.6 is 0 Å². The summed E-state index contributed by atoms with van der Waals surface area (Å²) in [6.45, 7) is 7.46. The summed E-state index contributed by atoms with van der Waals surface area (Å²) in [6.07, 6.45) is 21.9. The molecule has 0 nitrogen and oxygen atoms in total. The molecule has 4 aliphatic carbocycles. The molecule has 5 unspecified atom stereocenters. The Labute approximate surface area is 157 Å². The van der Waals surface area contributed by atoms with Gasteiger partial charge in [0.25, 0.3) is 0 Å². The van der Waals surface area contributed by atoms with E-state index in [1.807, 2.05) is 5.57 Å². The van der Waals surface area contributed by atoms with Gasteiger partial charge in [0.15, 0.2) is 0 Å². The zero-order chi connectivity index (χ0) is 17.4. The zero-order valence-electron chi connectivity index (χ0n) is 17.9. The molecule has 0 radical (unpaired) electrons. The van der Waals surface area contributed by atoms with Crippen molar-refractivity contribution in [2.24, 2.45) is 35.0 Å². The average molecular weight is 609 g/mol. The Hall–Kier alpha value is -1.39. The van der Waals surface area contributed by atoms with E-state index in [4.69, 9.17) is 0 Å². The molecule has 1 heteroatoms. The molecule has 144 valence electrons. The van der Waals surface area contributed by atoms with Crippen molar-refractivity contribution >= 4 is 0 Å². The van der Waals surface area contributed by atoms with E-state index in [0.717, 1.165) is 29.6 Å². The number of fused-ring (bicyclic) bond motifs is 4. The van der Waals surface area contributed by atoms with Crippen LogP contribution in [0, 0.1) is 41.4 Å². The number of rotatable bonds is 5. The molecular formula is C25H41Rf-. The summed E-state index contributed by atoms with van der Waals surface area (Å²) in [4.78, 5) is 0. The molecule has 4 aliphatic rings. The van der Waals surface area contributed by atoms with E-state index in [0.29, 0.717) is 5.41 Å². The third-order valence-electron chi connectivity index (χ3n) is 8.86. The van der Waals surface area contributed by atoms with Gasteiger partial charge in [0.2, 0.25) is 0 Å². The summed E-state index contributed by atoms with van der Waals surface area (Å²) in [6, 6.07) is 0. The molecule has 2 fully saturated rings. The van der Waals surface area contributed by atoms with E-state index in [1.165, 1.54) is 77.0 Å². The van der Waals surface area contributed by atoms with E-state index >= 15 is 0 Å². The van der Waals surface area contributed by atoms with Crippen molar-refractivity contribution in [3.8, 4) is 0 Å². The Morgan fingerprint density at radius 3 is 2.69 bits per heavy atom. The van der Waals surface area contributed by atoms with Crippen LogP contribution in [0.25, 0.3) is 0 Å². The number of hydrogen-bond donors (Lipinski definition) is 0. The molecule has 5 atom stereocenters. The molecule has 0 N–H and O–H groups in total. The standard InChI is InChI=1S/C25H41.Rf/c1-18(2)8-4-6-10-20-13-15-24-23-14-12-19-9-5-7-11-21(19)22(23)16-17-25(20,24)3;/h12,18,20,22-24H,4-11,13-17H2,1-3H3;/q-1;. The fraction of sp³-hybridized carbons (Fsp3) is 0.880. The van der Waals surface area contributed by atoms with Crippen molar-refractivity contribution in [2.45, 2.75) is 104 Å². The molecule has 0 heterocycles. The van der Waals surface area contributed by atoms with E-state index in [9.17, 15) is 0 Å². The molecule has 26 heavy (non-hydrogen) atoms. The molecule has 0 aromatic heterocycles. The molecule has 0 aromatic carbocycles. The Kier molecular flexibility index (Phi) is 5.73. The summed E-state index contributed by atoms with van der Waals surface area (Å²) in [5.41, 5.74) is 4.42. The van der Waals surface area contributed by atoms with Crippen LogP contribution in [0.15, 0.2) is 11.1 Å². The van der Waals surface area contributed by atoms with Gasteiger partial charge in [-0.1, -0.05) is 90.4 Å². The van der Waals surface area contributed by atoms with Gasteiger partial charge < -0.3 is 0 Å². The number of hydrogen-bond acceptors (Lipinski definition) is 0. The topological polar surface area (TPSA) is 0 Å². The minimum atomic E-state index is 0. The maximum Gasteiger partial charge on any atom is 0 e. The molecule has 2 saturated carbocycles. The van der Waals surface area contributed by atoms with Crippen molar-refractivity contribution < 1.29 is 0 Å². The molecule has 0 bridgehead atoms. The molecule has 0 aliphatic heterocycles. The first-order valence-electron chi connectivity index (χ1n) is 11.6. The van der Waals surface area contributed by atoms with Gasteiger partial charge in [-0.05, 0) is 48.9 Å². The van der Waals surface area contributed by atoms with Gasteiger partial charge in [-0.2, -0.15) is 0 Å². The largest absolute Gasteiger partial charge is 0.227 e. The predicted octanol–water partition coefficient (Wildman–Crippen LogP) is 7.74. The zero-order valence-corrected chi connectivity index (χ0v) is 24.3. The fourth-order valence-corrected chi connectivity index (χ4v) is 7.46. The third-order valence-corrected chi connectivity index (χ3v) is 8.86. The second kappa shape index (κ2) is 7.69. The van der Waals surface area contributed by atoms with Crippen LogP contribution < -0.4 is 0 Å². The van der Waals surface area contributed by atoms with E-state index in [-0.39, 0.29) is 0 Å². The van der Waals surface area contributed by atoms with Gasteiger partial charge in [0.05, 0.1) is 0 Å². The van der Waals surface area contributed by atoms with E-state index < -0.39 is 0 Å². The maximum atomic E-state index is 2.71. The van der Waals surface area contributed by atoms with Crippen molar-refractivity contribution in [1.29, 1.82) is 0 Å². The Bertz CT molecular complexity index is 504. The molecule has 0 aromatic rings. The summed E-state index contributed by atoms with van der Waals surface area (Å²) in [5, 5.41) is 0. The van der Waals surface area contributed by atoms with Crippen molar-refractivity contribution in [3.05, 3.63) is 17.6 Å². The normalized spacial score (nSPS) is 38.9. The minimum absolute atomic E-state index is 0. The second-order valence-corrected chi connectivity index (χ2v) is 10.6. The first kappa shape index (κ1) is 19.4. The van der Waals surface area contributed by atoms with Gasteiger partial charge in [0, 0.05) is 0 Å². The van der Waals surface area contributed by atoms with Crippen molar-refractivity contribution in [3.63, 3.8) is 0 Å². The fourth-order valence-electron chi connectivity index (χ4n) is 7.46. The van der Waals surface area contributed by atoms with Crippen LogP contribution in [0.3, 0.4) is 0 Å². The summed E-state index contributed by atoms with van der Waals surface area (Å²) in [5.74, 6) is 4.95. The van der Waals surface area contributed by atoms with Crippen LogP contribution in [-0.4, -0.2) is 0 Å². The smallest absolute Gasteiger partial charge is 0 e. The van der Waals surface area contributed by atoms with Gasteiger partial charge >= 0.3 is 0 Å². The Morgan fingerprint density at radius 2 is 1.88 bits per heavy atom. The van der Waals surface area contributed by atoms with Gasteiger partial charge in [-0.3, -0.25) is 0 Å². The molecule has 0 spiro atoms. The molecule has 0 saturated heterocycles. The van der Waals surface area contributed by atoms with Gasteiger partial charge in [-0.25, -0.2) is 17.6 Å². The molecule has 0 amide bonds. The minimum Gasteiger partial charge on any atom is -0.227 e. The van der Waals surface area contributed by atoms with Crippen LogP contribution in [0.4, 0.5) is 0 Å². The van der Waals surface area contributed by atoms with E-state index in [1.54, 1.807) is 12.0 Å². The predicted molar refractivity (Wildman–Crippen MR) is 108 cm³/mol. The van der Waals surface area contributed by atoms with Crippen LogP contribution in [-0.2, 0) is 0 Å². The van der Waals surface area contributed by atoms with Crippen LogP contribution in [0.1, 0.15) is 104 Å². The van der Waals surface area contributed by atoms with Crippen LogP contribution in [0.5, 0.6) is 0 Å². The Balaban J connectivity index is 0.00000196. The molecule has 4 rings (SSSR count). The van der Waals surface area contributed by atoms with Crippen LogP contribution in [0.2, 0.25) is 0 Å². The summed E-state index contributed by atoms with van der Waals surface area (Å²) < 4.78 is 0. The SMILES string of the molecule is CC(C)CCCCC1CCC2C3C[CH-]C4=C(CCCC4)C3CCC12C.[Rf]. The first-order valence-corrected chi connectivity index (χ1v) is 11.6. The van der Waals surface area contributed by atoms with Crippen molar-refractivity contribution in [1.82, 2.24) is 0 Å². The quantitative estimate of drug-likeness (QED) is 0.221. The monoisotopic (exact) mass is 608 g/mol. The van der Waals surface area contributed by atoms with Gasteiger partial charge in [-0.15, -0.1) is 0 Å². The first-order chi connectivity index (χ1) is 12.1. The molecular weight excluding hydrogens is 567 g/mol. The van der Waals surface area contributed by atoms with Crippen molar-refractivity contribution in [2.75, 3.05) is 0 Å². The number of allylic oxidation sites excluding steroid dienone is 2. The Morgan fingerprint density at radius 1 is 1.08 bits per heavy atom.